The molecule has 184 valence electrons. The third-order valence-corrected chi connectivity index (χ3v) is 6.59. The predicted molar refractivity (Wildman–Crippen MR) is 134 cm³/mol. The zero-order chi connectivity index (χ0) is 24.9. The van der Waals surface area contributed by atoms with Crippen molar-refractivity contribution in [3.8, 4) is 0 Å². The Labute approximate surface area is 214 Å². The van der Waals surface area contributed by atoms with Crippen LogP contribution >= 0.6 is 24.8 Å². The van der Waals surface area contributed by atoms with Crippen molar-refractivity contribution in [2.45, 2.75) is 19.4 Å². The molecule has 0 spiro atoms. The van der Waals surface area contributed by atoms with Crippen molar-refractivity contribution >= 4 is 58.5 Å². The van der Waals surface area contributed by atoms with Crippen LogP contribution in [0.25, 0.3) is 10.2 Å². The van der Waals surface area contributed by atoms with Crippen LogP contribution in [0, 0.1) is 24.4 Å². The molecule has 0 bridgehead atoms. The Bertz CT molecular complexity index is 1480. The molecule has 1 aromatic heterocycles. The summed E-state index contributed by atoms with van der Waals surface area (Å²) in [5.41, 5.74) is 0.136. The Morgan fingerprint density at radius 1 is 1.00 bits per heavy atom. The van der Waals surface area contributed by atoms with Gasteiger partial charge < -0.3 is 5.32 Å². The van der Waals surface area contributed by atoms with Gasteiger partial charge in [-0.3, -0.25) is 19.3 Å². The van der Waals surface area contributed by atoms with Crippen LogP contribution in [0.3, 0.4) is 0 Å². The van der Waals surface area contributed by atoms with Crippen LogP contribution in [-0.4, -0.2) is 33.6 Å². The first-order chi connectivity index (χ1) is 16.7. The summed E-state index contributed by atoms with van der Waals surface area (Å²) in [6, 6.07) is 10.2. The van der Waals surface area contributed by atoms with Gasteiger partial charge in [-0.1, -0.05) is 12.1 Å². The number of thiazole rings is 1. The first-order valence-electron chi connectivity index (χ1n) is 10.5. The van der Waals surface area contributed by atoms with E-state index in [4.69, 9.17) is 0 Å². The van der Waals surface area contributed by atoms with Gasteiger partial charge in [-0.25, -0.2) is 18.2 Å². The summed E-state index contributed by atoms with van der Waals surface area (Å²) in [6.07, 6.45) is -0.383. The summed E-state index contributed by atoms with van der Waals surface area (Å²) >= 11 is 1.29. The molecule has 1 aliphatic rings. The molecular formula is C25H18F3N3O3S2. The molecule has 11 heteroatoms. The van der Waals surface area contributed by atoms with Gasteiger partial charge in [-0.15, -0.1) is 11.3 Å². The highest BCUT2D eigenvalue weighted by atomic mass is 32.1. The fourth-order valence-corrected chi connectivity index (χ4v) is 4.95. The second-order valence-electron chi connectivity index (χ2n) is 8.02. The van der Waals surface area contributed by atoms with Gasteiger partial charge >= 0.3 is 0 Å². The molecule has 1 atom stereocenters. The van der Waals surface area contributed by atoms with Gasteiger partial charge in [0.05, 0.1) is 26.5 Å². The number of rotatable bonds is 5. The average molecular weight is 530 g/mol. The van der Waals surface area contributed by atoms with Crippen molar-refractivity contribution in [2.75, 3.05) is 5.32 Å². The van der Waals surface area contributed by atoms with Crippen LogP contribution in [0.2, 0.25) is 0 Å². The summed E-state index contributed by atoms with van der Waals surface area (Å²) in [6.45, 7) is 1.72. The van der Waals surface area contributed by atoms with Gasteiger partial charge in [-0.05, 0) is 48.9 Å². The number of nitrogens with one attached hydrogen (secondary N) is 1. The Morgan fingerprint density at radius 3 is 2.22 bits per heavy atom. The smallest absolute Gasteiger partial charge is 0.262 e. The van der Waals surface area contributed by atoms with E-state index in [1.165, 1.54) is 29.5 Å². The summed E-state index contributed by atoms with van der Waals surface area (Å²) in [4.78, 5) is 44.4. The van der Waals surface area contributed by atoms with Crippen LogP contribution in [0.5, 0.6) is 0 Å². The van der Waals surface area contributed by atoms with Crippen molar-refractivity contribution in [3.63, 3.8) is 0 Å². The van der Waals surface area contributed by atoms with Crippen molar-refractivity contribution in [2.24, 2.45) is 0 Å². The standard InChI is InChI=1S/C25H16F3N3O3S.H2S/c1-12-29-22-20(35-12)7-6-18(21(22)28)30-23(32)19(10-13-8-14(26)11-15(27)9-13)31-24(33)16-4-2-3-5-17(16)25(31)34;/h2-9,11,19H,10H2,1H3,(H,30,32);1H2/t19-;/m0./s1. The minimum absolute atomic E-state index is 0. The van der Waals surface area contributed by atoms with Gasteiger partial charge in [0.15, 0.2) is 5.82 Å². The summed E-state index contributed by atoms with van der Waals surface area (Å²) in [5.74, 6) is -4.87. The van der Waals surface area contributed by atoms with E-state index in [1.54, 1.807) is 25.1 Å². The lowest BCUT2D eigenvalue weighted by atomic mass is 10.0. The molecule has 3 aromatic carbocycles. The highest BCUT2D eigenvalue weighted by molar-refractivity contribution is 7.59. The van der Waals surface area contributed by atoms with E-state index in [0.29, 0.717) is 15.8 Å². The number of aryl methyl sites for hydroxylation is 1. The van der Waals surface area contributed by atoms with E-state index in [-0.39, 0.29) is 47.8 Å². The van der Waals surface area contributed by atoms with Crippen LogP contribution in [0.1, 0.15) is 31.3 Å². The molecule has 1 N–H and O–H groups in total. The van der Waals surface area contributed by atoms with Gasteiger partial charge in [0.25, 0.3) is 11.8 Å². The molecule has 2 heterocycles. The number of amides is 3. The van der Waals surface area contributed by atoms with Gasteiger partial charge in [0.1, 0.15) is 23.2 Å². The molecule has 0 unspecified atom stereocenters. The lowest BCUT2D eigenvalue weighted by molar-refractivity contribution is -0.120. The van der Waals surface area contributed by atoms with E-state index in [9.17, 15) is 23.2 Å². The van der Waals surface area contributed by atoms with Crippen LogP contribution < -0.4 is 5.32 Å². The topological polar surface area (TPSA) is 79.4 Å². The zero-order valence-electron chi connectivity index (χ0n) is 18.6. The Hall–Kier alpha value is -3.70. The molecule has 6 nitrogen and oxygen atoms in total. The maximum atomic E-state index is 15.1. The van der Waals surface area contributed by atoms with Crippen LogP contribution in [0.15, 0.2) is 54.6 Å². The molecule has 5 rings (SSSR count). The van der Waals surface area contributed by atoms with Gasteiger partial charge in [0, 0.05) is 12.5 Å². The second kappa shape index (κ2) is 9.75. The highest BCUT2D eigenvalue weighted by Gasteiger charge is 2.43. The Balaban J connectivity index is 0.00000304. The number of imide groups is 1. The molecule has 36 heavy (non-hydrogen) atoms. The van der Waals surface area contributed by atoms with E-state index in [1.807, 2.05) is 0 Å². The third-order valence-electron chi connectivity index (χ3n) is 5.66. The lowest BCUT2D eigenvalue weighted by Crippen LogP contribution is -2.48. The molecule has 4 aromatic rings. The summed E-state index contributed by atoms with van der Waals surface area (Å²) < 4.78 is 43.3. The number of halogens is 3. The number of carbonyl (C=O) groups excluding carboxylic acids is 3. The first-order valence-corrected chi connectivity index (χ1v) is 11.3. The Morgan fingerprint density at radius 2 is 1.61 bits per heavy atom. The lowest BCUT2D eigenvalue weighted by Gasteiger charge is -2.25. The van der Waals surface area contributed by atoms with Crippen molar-refractivity contribution in [1.29, 1.82) is 0 Å². The predicted octanol–water partition coefficient (Wildman–Crippen LogP) is 4.98. The molecule has 1 aliphatic heterocycles. The number of hydrogen-bond acceptors (Lipinski definition) is 5. The fourth-order valence-electron chi connectivity index (χ4n) is 4.13. The quantitative estimate of drug-likeness (QED) is 0.370. The number of carbonyl (C=O) groups is 3. The average Bonchev–Trinajstić information content (AvgIpc) is 3.31. The molecule has 0 saturated carbocycles. The van der Waals surface area contributed by atoms with Crippen molar-refractivity contribution < 1.29 is 27.6 Å². The normalized spacial score (nSPS) is 13.5. The monoisotopic (exact) mass is 529 g/mol. The number of anilines is 1. The minimum Gasteiger partial charge on any atom is -0.322 e. The number of fused-ring (bicyclic) bond motifs is 2. The van der Waals surface area contributed by atoms with Crippen molar-refractivity contribution in [1.82, 2.24) is 9.88 Å². The molecule has 0 fully saturated rings. The molecule has 0 radical (unpaired) electrons. The highest BCUT2D eigenvalue weighted by Crippen LogP contribution is 2.30. The number of hydrogen-bond donors (Lipinski definition) is 1. The molecule has 0 aliphatic carbocycles. The summed E-state index contributed by atoms with van der Waals surface area (Å²) in [7, 11) is 0. The second-order valence-corrected chi connectivity index (χ2v) is 9.25. The van der Waals surface area contributed by atoms with Crippen LogP contribution in [0.4, 0.5) is 18.9 Å². The largest absolute Gasteiger partial charge is 0.322 e. The number of nitrogens with zero attached hydrogens (tertiary/aromatic N) is 2. The fraction of sp³-hybridized carbons (Fsp3) is 0.120. The van der Waals surface area contributed by atoms with Crippen molar-refractivity contribution in [3.05, 3.63) is 93.7 Å². The van der Waals surface area contributed by atoms with E-state index in [0.717, 1.165) is 17.0 Å². The number of benzene rings is 3. The van der Waals surface area contributed by atoms with Crippen LogP contribution in [-0.2, 0) is 11.2 Å². The van der Waals surface area contributed by atoms with E-state index in [2.05, 4.69) is 10.3 Å². The molecular weight excluding hydrogens is 511 g/mol. The minimum atomic E-state index is -1.50. The maximum Gasteiger partial charge on any atom is 0.262 e. The maximum absolute atomic E-state index is 15.1. The molecule has 3 amide bonds. The summed E-state index contributed by atoms with van der Waals surface area (Å²) in [5, 5.41) is 3.06. The SMILES string of the molecule is Cc1nc2c(F)c(NC(=O)[C@H](Cc3cc(F)cc(F)c3)N3C(=O)c4ccccc4C3=O)ccc2s1.S. The number of aromatic nitrogens is 1. The first kappa shape index (κ1) is 25.4. The van der Waals surface area contributed by atoms with E-state index < -0.39 is 41.2 Å². The Kier molecular flexibility index (Phi) is 6.87. The van der Waals surface area contributed by atoms with Gasteiger partial charge in [0.2, 0.25) is 5.91 Å². The third kappa shape index (κ3) is 4.47. The molecule has 0 saturated heterocycles. The van der Waals surface area contributed by atoms with Gasteiger partial charge in [-0.2, -0.15) is 13.5 Å². The zero-order valence-corrected chi connectivity index (χ0v) is 20.5. The van der Waals surface area contributed by atoms with E-state index >= 15 is 4.39 Å².